The van der Waals surface area contributed by atoms with Crippen molar-refractivity contribution in [3.05, 3.63) is 29.2 Å². The summed E-state index contributed by atoms with van der Waals surface area (Å²) < 4.78 is 5.76. The molecule has 2 rings (SSSR count). The number of nitroso groups, excluding NO2 is 1. The minimum Gasteiger partial charge on any atom is -0.489 e. The van der Waals surface area contributed by atoms with Gasteiger partial charge in [-0.15, -0.1) is 4.91 Å². The molecule has 80 valence electrons. The van der Waals surface area contributed by atoms with Crippen LogP contribution < -0.4 is 4.74 Å². The van der Waals surface area contributed by atoms with Crippen molar-refractivity contribution in [3.63, 3.8) is 0 Å². The Hall–Kier alpha value is -1.42. The molecule has 0 radical (unpaired) electrons. The molecular weight excluding hydrogens is 192 g/mol. The average molecular weight is 206 g/mol. The van der Waals surface area contributed by atoms with E-state index in [9.17, 15) is 4.91 Å². The molecule has 1 heterocycles. The molecule has 1 aliphatic heterocycles. The molecule has 4 heteroatoms. The minimum absolute atomic E-state index is 0.269. The number of likely N-dealkylation sites (tertiary alicyclic amines) is 1. The predicted octanol–water partition coefficient (Wildman–Crippen LogP) is 2.17. The number of ether oxygens (including phenoxy) is 1. The summed E-state index contributed by atoms with van der Waals surface area (Å²) in [5.41, 5.74) is 0.436. The number of hydrogen-bond acceptors (Lipinski definition) is 4. The lowest BCUT2D eigenvalue weighted by Crippen LogP contribution is -2.21. The maximum atomic E-state index is 10.2. The average Bonchev–Trinajstić information content (AvgIpc) is 2.65. The Balaban J connectivity index is 1.96. The van der Waals surface area contributed by atoms with E-state index in [-0.39, 0.29) is 6.10 Å². The molecule has 0 amide bonds. The summed E-state index contributed by atoms with van der Waals surface area (Å²) in [6, 6.07) is 6.91. The molecule has 1 aromatic carbocycles. The van der Waals surface area contributed by atoms with Crippen LogP contribution in [0.5, 0.6) is 5.75 Å². The number of hydrogen-bond donors (Lipinski definition) is 0. The first-order chi connectivity index (χ1) is 7.28. The zero-order valence-corrected chi connectivity index (χ0v) is 8.72. The molecule has 1 atom stereocenters. The molecule has 4 nitrogen and oxygen atoms in total. The van der Waals surface area contributed by atoms with Gasteiger partial charge in [0.1, 0.15) is 17.5 Å². The van der Waals surface area contributed by atoms with Crippen LogP contribution in [-0.2, 0) is 0 Å². The van der Waals surface area contributed by atoms with Crippen molar-refractivity contribution in [3.8, 4) is 5.75 Å². The summed E-state index contributed by atoms with van der Waals surface area (Å²) in [7, 11) is 2.09. The van der Waals surface area contributed by atoms with Crippen LogP contribution in [0.25, 0.3) is 0 Å². The molecule has 1 saturated heterocycles. The number of nitrogens with zero attached hydrogens (tertiary/aromatic N) is 2. The molecule has 15 heavy (non-hydrogen) atoms. The third-order valence-electron chi connectivity index (χ3n) is 2.59. The molecule has 0 aliphatic carbocycles. The standard InChI is InChI=1S/C11H14N2O2/c1-13-7-6-11(8-13)15-10-4-2-9(12-14)3-5-10/h2-5,11H,6-8H2,1H3. The summed E-state index contributed by atoms with van der Waals surface area (Å²) in [5.74, 6) is 0.808. The second kappa shape index (κ2) is 4.40. The quantitative estimate of drug-likeness (QED) is 0.712. The van der Waals surface area contributed by atoms with E-state index in [1.807, 2.05) is 0 Å². The third-order valence-corrected chi connectivity index (χ3v) is 2.59. The lowest BCUT2D eigenvalue weighted by atomic mass is 10.3. The van der Waals surface area contributed by atoms with Crippen LogP contribution in [0.3, 0.4) is 0 Å². The Kier molecular flexibility index (Phi) is 2.97. The van der Waals surface area contributed by atoms with Gasteiger partial charge < -0.3 is 9.64 Å². The topological polar surface area (TPSA) is 41.9 Å². The first kappa shape index (κ1) is 10.1. The summed E-state index contributed by atoms with van der Waals surface area (Å²) in [6.45, 7) is 2.05. The van der Waals surface area contributed by atoms with Crippen LogP contribution >= 0.6 is 0 Å². The van der Waals surface area contributed by atoms with Gasteiger partial charge >= 0.3 is 0 Å². The van der Waals surface area contributed by atoms with Gasteiger partial charge in [0.2, 0.25) is 0 Å². The lowest BCUT2D eigenvalue weighted by Gasteiger charge is -2.13. The fourth-order valence-electron chi connectivity index (χ4n) is 1.77. The molecule has 1 unspecified atom stereocenters. The fraction of sp³-hybridized carbons (Fsp3) is 0.455. The van der Waals surface area contributed by atoms with Gasteiger partial charge in [-0.1, -0.05) is 0 Å². The van der Waals surface area contributed by atoms with E-state index in [1.165, 1.54) is 0 Å². The molecule has 0 N–H and O–H groups in total. The zero-order chi connectivity index (χ0) is 10.7. The van der Waals surface area contributed by atoms with Gasteiger partial charge in [-0.25, -0.2) is 0 Å². The van der Waals surface area contributed by atoms with Crippen molar-refractivity contribution in [1.82, 2.24) is 4.90 Å². The van der Waals surface area contributed by atoms with Gasteiger partial charge in [0, 0.05) is 13.1 Å². The highest BCUT2D eigenvalue weighted by atomic mass is 16.5. The molecule has 1 aliphatic rings. The molecular formula is C11H14N2O2. The number of likely N-dealkylation sites (N-methyl/N-ethyl adjacent to an activating group) is 1. The Morgan fingerprint density at radius 3 is 2.67 bits per heavy atom. The van der Waals surface area contributed by atoms with E-state index in [0.29, 0.717) is 5.69 Å². The highest BCUT2D eigenvalue weighted by molar-refractivity contribution is 5.40. The van der Waals surface area contributed by atoms with Crippen molar-refractivity contribution < 1.29 is 4.74 Å². The molecule has 0 aromatic heterocycles. The summed E-state index contributed by atoms with van der Waals surface area (Å²) in [5, 5.41) is 2.84. The predicted molar refractivity (Wildman–Crippen MR) is 58.4 cm³/mol. The largest absolute Gasteiger partial charge is 0.489 e. The fourth-order valence-corrected chi connectivity index (χ4v) is 1.77. The zero-order valence-electron chi connectivity index (χ0n) is 8.72. The van der Waals surface area contributed by atoms with Crippen LogP contribution in [0, 0.1) is 4.91 Å². The van der Waals surface area contributed by atoms with Crippen LogP contribution in [0.1, 0.15) is 6.42 Å². The maximum absolute atomic E-state index is 10.2. The maximum Gasteiger partial charge on any atom is 0.119 e. The van der Waals surface area contributed by atoms with Crippen LogP contribution in [-0.4, -0.2) is 31.1 Å². The van der Waals surface area contributed by atoms with E-state index in [4.69, 9.17) is 4.74 Å². The summed E-state index contributed by atoms with van der Waals surface area (Å²) in [4.78, 5) is 12.4. The molecule has 0 saturated carbocycles. The lowest BCUT2D eigenvalue weighted by molar-refractivity contribution is 0.208. The van der Waals surface area contributed by atoms with Crippen molar-refractivity contribution in [2.24, 2.45) is 5.18 Å². The van der Waals surface area contributed by atoms with Crippen LogP contribution in [0.15, 0.2) is 29.4 Å². The smallest absolute Gasteiger partial charge is 0.119 e. The number of rotatable bonds is 3. The second-order valence-corrected chi connectivity index (χ2v) is 3.88. The van der Waals surface area contributed by atoms with E-state index in [2.05, 4.69) is 17.1 Å². The first-order valence-electron chi connectivity index (χ1n) is 5.06. The van der Waals surface area contributed by atoms with Gasteiger partial charge in [0.15, 0.2) is 0 Å². The van der Waals surface area contributed by atoms with Crippen molar-refractivity contribution in [1.29, 1.82) is 0 Å². The molecule has 1 fully saturated rings. The van der Waals surface area contributed by atoms with Crippen molar-refractivity contribution in [2.45, 2.75) is 12.5 Å². The van der Waals surface area contributed by atoms with E-state index in [0.717, 1.165) is 25.3 Å². The van der Waals surface area contributed by atoms with Crippen LogP contribution in [0.2, 0.25) is 0 Å². The Morgan fingerprint density at radius 2 is 2.13 bits per heavy atom. The normalized spacial score (nSPS) is 21.5. The Bertz CT molecular complexity index is 337. The molecule has 0 bridgehead atoms. The highest BCUT2D eigenvalue weighted by Crippen LogP contribution is 2.21. The third kappa shape index (κ3) is 2.53. The van der Waals surface area contributed by atoms with E-state index >= 15 is 0 Å². The van der Waals surface area contributed by atoms with E-state index < -0.39 is 0 Å². The molecule has 0 spiro atoms. The van der Waals surface area contributed by atoms with E-state index in [1.54, 1.807) is 24.3 Å². The molecule has 1 aromatic rings. The first-order valence-corrected chi connectivity index (χ1v) is 5.06. The highest BCUT2D eigenvalue weighted by Gasteiger charge is 2.20. The van der Waals surface area contributed by atoms with Crippen molar-refractivity contribution in [2.75, 3.05) is 20.1 Å². The SMILES string of the molecule is CN1CCC(Oc2ccc(N=O)cc2)C1. The van der Waals surface area contributed by atoms with Crippen LogP contribution in [0.4, 0.5) is 5.69 Å². The minimum atomic E-state index is 0.269. The van der Waals surface area contributed by atoms with Gasteiger partial charge in [-0.3, -0.25) is 0 Å². The summed E-state index contributed by atoms with van der Waals surface area (Å²) >= 11 is 0. The van der Waals surface area contributed by atoms with Gasteiger partial charge in [0.25, 0.3) is 0 Å². The monoisotopic (exact) mass is 206 g/mol. The van der Waals surface area contributed by atoms with Crippen molar-refractivity contribution >= 4 is 5.69 Å². The Morgan fingerprint density at radius 1 is 1.40 bits per heavy atom. The van der Waals surface area contributed by atoms with Gasteiger partial charge in [-0.2, -0.15) is 0 Å². The Labute approximate surface area is 88.8 Å². The second-order valence-electron chi connectivity index (χ2n) is 3.88. The van der Waals surface area contributed by atoms with Gasteiger partial charge in [-0.05, 0) is 42.9 Å². The summed E-state index contributed by atoms with van der Waals surface area (Å²) in [6.07, 6.45) is 1.33. The number of benzene rings is 1. The van der Waals surface area contributed by atoms with Gasteiger partial charge in [0.05, 0.1) is 0 Å².